The zero-order chi connectivity index (χ0) is 20.6. The van der Waals surface area contributed by atoms with Crippen LogP contribution in [0.1, 0.15) is 67.2 Å². The third kappa shape index (κ3) is 5.55. The summed E-state index contributed by atoms with van der Waals surface area (Å²) in [6.07, 6.45) is 10.8. The molecule has 0 aromatic heterocycles. The molecule has 1 aliphatic carbocycles. The van der Waals surface area contributed by atoms with E-state index < -0.39 is 17.2 Å². The first kappa shape index (κ1) is 20.8. The van der Waals surface area contributed by atoms with Gasteiger partial charge in [-0.05, 0) is 73.3 Å². The molecule has 3 rings (SSSR count). The predicted molar refractivity (Wildman–Crippen MR) is 112 cm³/mol. The molecule has 0 radical (unpaired) electrons. The molecular formula is C26H25F2N. The summed E-state index contributed by atoms with van der Waals surface area (Å²) in [7, 11) is 0. The van der Waals surface area contributed by atoms with E-state index in [1.807, 2.05) is 0 Å². The summed E-state index contributed by atoms with van der Waals surface area (Å²) in [6.45, 7) is 2.20. The number of aryl methyl sites for hydroxylation is 1. The van der Waals surface area contributed by atoms with Crippen molar-refractivity contribution in [1.29, 1.82) is 5.26 Å². The largest absolute Gasteiger partial charge is 0.205 e. The van der Waals surface area contributed by atoms with E-state index in [-0.39, 0.29) is 5.56 Å². The van der Waals surface area contributed by atoms with Crippen LogP contribution in [0, 0.1) is 40.7 Å². The van der Waals surface area contributed by atoms with Gasteiger partial charge in [-0.2, -0.15) is 5.26 Å². The minimum atomic E-state index is -0.873. The fraction of sp³-hybridized carbons (Fsp3) is 0.346. The SMILES string of the molecule is CCCc1ccc(C2CCC(C=CC#Cc3cc(F)c(C#N)c(F)c3)CC2)cc1. The number of benzene rings is 2. The molecule has 1 fully saturated rings. The number of allylic oxidation sites excluding steroid dienone is 2. The molecular weight excluding hydrogens is 364 g/mol. The normalized spacial score (nSPS) is 18.8. The van der Waals surface area contributed by atoms with Gasteiger partial charge in [0.1, 0.15) is 23.3 Å². The Morgan fingerprint density at radius 2 is 1.69 bits per heavy atom. The number of rotatable bonds is 4. The first-order valence-corrected chi connectivity index (χ1v) is 10.3. The Morgan fingerprint density at radius 3 is 2.28 bits per heavy atom. The van der Waals surface area contributed by atoms with Gasteiger partial charge in [-0.15, -0.1) is 0 Å². The molecule has 3 heteroatoms. The monoisotopic (exact) mass is 389 g/mol. The van der Waals surface area contributed by atoms with Gasteiger partial charge < -0.3 is 0 Å². The molecule has 0 unspecified atom stereocenters. The van der Waals surface area contributed by atoms with Gasteiger partial charge in [0.05, 0.1) is 0 Å². The van der Waals surface area contributed by atoms with E-state index >= 15 is 0 Å². The zero-order valence-corrected chi connectivity index (χ0v) is 16.7. The first-order valence-electron chi connectivity index (χ1n) is 10.3. The highest BCUT2D eigenvalue weighted by Gasteiger charge is 2.20. The zero-order valence-electron chi connectivity index (χ0n) is 16.7. The summed E-state index contributed by atoms with van der Waals surface area (Å²) >= 11 is 0. The highest BCUT2D eigenvalue weighted by atomic mass is 19.1. The van der Waals surface area contributed by atoms with Crippen LogP contribution in [0.25, 0.3) is 0 Å². The Labute approximate surface area is 172 Å². The van der Waals surface area contributed by atoms with Gasteiger partial charge in [0, 0.05) is 5.56 Å². The van der Waals surface area contributed by atoms with Crippen LogP contribution >= 0.6 is 0 Å². The summed E-state index contributed by atoms with van der Waals surface area (Å²) in [5.74, 6) is 4.98. The molecule has 0 atom stereocenters. The smallest absolute Gasteiger partial charge is 0.145 e. The molecule has 2 aromatic rings. The highest BCUT2D eigenvalue weighted by Crippen LogP contribution is 2.36. The molecule has 1 saturated carbocycles. The van der Waals surface area contributed by atoms with E-state index in [0.717, 1.165) is 31.4 Å². The van der Waals surface area contributed by atoms with E-state index in [0.29, 0.717) is 11.8 Å². The lowest BCUT2D eigenvalue weighted by Gasteiger charge is -2.27. The van der Waals surface area contributed by atoms with Gasteiger partial charge in [-0.25, -0.2) is 8.78 Å². The maximum absolute atomic E-state index is 13.6. The molecule has 0 aliphatic heterocycles. The van der Waals surface area contributed by atoms with E-state index in [9.17, 15) is 8.78 Å². The Kier molecular flexibility index (Phi) is 7.20. The first-order chi connectivity index (χ1) is 14.1. The van der Waals surface area contributed by atoms with Crippen LogP contribution in [0.4, 0.5) is 8.78 Å². The van der Waals surface area contributed by atoms with Crippen LogP contribution in [-0.2, 0) is 6.42 Å². The van der Waals surface area contributed by atoms with Crippen molar-refractivity contribution in [2.75, 3.05) is 0 Å². The second-order valence-corrected chi connectivity index (χ2v) is 7.66. The van der Waals surface area contributed by atoms with Crippen LogP contribution in [0.5, 0.6) is 0 Å². The van der Waals surface area contributed by atoms with Gasteiger partial charge in [0.25, 0.3) is 0 Å². The minimum Gasteiger partial charge on any atom is -0.205 e. The van der Waals surface area contributed by atoms with Crippen molar-refractivity contribution >= 4 is 0 Å². The summed E-state index contributed by atoms with van der Waals surface area (Å²) in [4.78, 5) is 0. The lowest BCUT2D eigenvalue weighted by molar-refractivity contribution is 0.376. The van der Waals surface area contributed by atoms with Crippen LogP contribution < -0.4 is 0 Å². The molecule has 29 heavy (non-hydrogen) atoms. The van der Waals surface area contributed by atoms with E-state index in [2.05, 4.69) is 49.1 Å². The van der Waals surface area contributed by atoms with Crippen molar-refractivity contribution in [2.24, 2.45) is 5.92 Å². The van der Waals surface area contributed by atoms with Gasteiger partial charge in [-0.1, -0.05) is 55.5 Å². The van der Waals surface area contributed by atoms with E-state index in [1.165, 1.54) is 36.5 Å². The van der Waals surface area contributed by atoms with E-state index in [1.54, 1.807) is 6.08 Å². The third-order valence-electron chi connectivity index (χ3n) is 5.58. The van der Waals surface area contributed by atoms with Crippen molar-refractivity contribution in [3.63, 3.8) is 0 Å². The Morgan fingerprint density at radius 1 is 1.03 bits per heavy atom. The second-order valence-electron chi connectivity index (χ2n) is 7.66. The number of nitrogens with zero attached hydrogens (tertiary/aromatic N) is 1. The number of hydrogen-bond acceptors (Lipinski definition) is 1. The number of hydrogen-bond donors (Lipinski definition) is 0. The average molecular weight is 389 g/mol. The molecule has 2 aromatic carbocycles. The average Bonchev–Trinajstić information content (AvgIpc) is 2.72. The lowest BCUT2D eigenvalue weighted by atomic mass is 9.78. The molecule has 0 saturated heterocycles. The van der Waals surface area contributed by atoms with E-state index in [4.69, 9.17) is 5.26 Å². The standard InChI is InChI=1S/C26H25F2N/c1-2-5-19-8-12-22(13-9-19)23-14-10-20(11-15-23)6-3-4-7-21-16-25(27)24(18-29)26(28)17-21/h3,6,8-9,12-13,16-17,20,23H,2,5,10-11,14-15H2,1H3. The molecule has 1 nitrogen and oxygen atoms in total. The van der Waals surface area contributed by atoms with Gasteiger partial charge in [0.15, 0.2) is 0 Å². The Bertz CT molecular complexity index is 939. The molecule has 148 valence electrons. The summed E-state index contributed by atoms with van der Waals surface area (Å²) in [6, 6.07) is 12.8. The van der Waals surface area contributed by atoms with Crippen molar-refractivity contribution in [3.8, 4) is 17.9 Å². The number of nitriles is 1. The van der Waals surface area contributed by atoms with Crippen molar-refractivity contribution in [2.45, 2.75) is 51.4 Å². The van der Waals surface area contributed by atoms with Crippen LogP contribution in [0.3, 0.4) is 0 Å². The highest BCUT2D eigenvalue weighted by molar-refractivity contribution is 5.43. The molecule has 1 aliphatic rings. The van der Waals surface area contributed by atoms with Crippen molar-refractivity contribution in [3.05, 3.63) is 82.4 Å². The molecule has 0 spiro atoms. The molecule has 0 heterocycles. The summed E-state index contributed by atoms with van der Waals surface area (Å²) in [5.41, 5.74) is 2.52. The maximum Gasteiger partial charge on any atom is 0.145 e. The lowest BCUT2D eigenvalue weighted by Crippen LogP contribution is -2.11. The predicted octanol–water partition coefficient (Wildman–Crippen LogP) is 6.67. The fourth-order valence-electron chi connectivity index (χ4n) is 3.95. The minimum absolute atomic E-state index is 0.235. The van der Waals surface area contributed by atoms with Gasteiger partial charge in [0.2, 0.25) is 0 Å². The van der Waals surface area contributed by atoms with Crippen LogP contribution in [0.15, 0.2) is 48.6 Å². The van der Waals surface area contributed by atoms with Crippen molar-refractivity contribution < 1.29 is 8.78 Å². The Balaban J connectivity index is 1.53. The van der Waals surface area contributed by atoms with Crippen LogP contribution in [-0.4, -0.2) is 0 Å². The van der Waals surface area contributed by atoms with Gasteiger partial charge in [-0.3, -0.25) is 0 Å². The fourth-order valence-corrected chi connectivity index (χ4v) is 3.95. The second kappa shape index (κ2) is 10.0. The van der Waals surface area contributed by atoms with Gasteiger partial charge >= 0.3 is 0 Å². The quantitative estimate of drug-likeness (QED) is 0.536. The van der Waals surface area contributed by atoms with Crippen LogP contribution in [0.2, 0.25) is 0 Å². The maximum atomic E-state index is 13.6. The number of halogens is 2. The topological polar surface area (TPSA) is 23.8 Å². The summed E-state index contributed by atoms with van der Waals surface area (Å²) in [5, 5.41) is 8.70. The summed E-state index contributed by atoms with van der Waals surface area (Å²) < 4.78 is 27.2. The molecule has 0 amide bonds. The molecule has 0 N–H and O–H groups in total. The van der Waals surface area contributed by atoms with Crippen molar-refractivity contribution in [1.82, 2.24) is 0 Å². The molecule has 0 bridgehead atoms. The third-order valence-corrected chi connectivity index (χ3v) is 5.58. The Hall–Kier alpha value is -2.91.